The third kappa shape index (κ3) is 2.12. The zero-order valence-corrected chi connectivity index (χ0v) is 9.70. The Morgan fingerprint density at radius 2 is 2.11 bits per heavy atom. The number of alkyl halides is 2. The van der Waals surface area contributed by atoms with Gasteiger partial charge in [-0.3, -0.25) is 0 Å². The van der Waals surface area contributed by atoms with Crippen LogP contribution in [0.5, 0.6) is 11.5 Å². The highest BCUT2D eigenvalue weighted by molar-refractivity contribution is 5.45. The van der Waals surface area contributed by atoms with Gasteiger partial charge in [0, 0.05) is 0 Å². The fourth-order valence-electron chi connectivity index (χ4n) is 1.74. The van der Waals surface area contributed by atoms with Crippen LogP contribution in [0.25, 0.3) is 0 Å². The van der Waals surface area contributed by atoms with Crippen molar-refractivity contribution in [2.75, 3.05) is 6.61 Å². The molecule has 0 aliphatic carbocycles. The summed E-state index contributed by atoms with van der Waals surface area (Å²) in [5.41, 5.74) is -0.540. The van der Waals surface area contributed by atoms with E-state index in [0.717, 1.165) is 0 Å². The Morgan fingerprint density at radius 3 is 2.78 bits per heavy atom. The number of hydrogen-bond donors (Lipinski definition) is 1. The van der Waals surface area contributed by atoms with Crippen molar-refractivity contribution in [3.05, 3.63) is 23.5 Å². The van der Waals surface area contributed by atoms with Crippen LogP contribution in [0.3, 0.4) is 0 Å². The van der Waals surface area contributed by atoms with Crippen molar-refractivity contribution in [3.8, 4) is 11.5 Å². The molecular weight excluding hydrogens is 249 g/mol. The summed E-state index contributed by atoms with van der Waals surface area (Å²) in [6.45, 7) is 2.11. The summed E-state index contributed by atoms with van der Waals surface area (Å²) < 4.78 is 50.6. The number of benzene rings is 1. The van der Waals surface area contributed by atoms with Gasteiger partial charge in [0.15, 0.2) is 23.9 Å². The van der Waals surface area contributed by atoms with E-state index in [1.54, 1.807) is 0 Å². The molecule has 6 heteroatoms. The Morgan fingerprint density at radius 1 is 1.39 bits per heavy atom. The highest BCUT2D eigenvalue weighted by Gasteiger charge is 2.41. The Labute approximate surface area is 102 Å². The number of rotatable bonds is 3. The SMILES string of the molecule is CCCOc1ccc2c(c1F)C(F)C(F)C(O)O2. The third-order valence-electron chi connectivity index (χ3n) is 2.64. The largest absolute Gasteiger partial charge is 0.491 e. The minimum absolute atomic E-state index is 0.148. The summed E-state index contributed by atoms with van der Waals surface area (Å²) in [5, 5.41) is 9.11. The summed E-state index contributed by atoms with van der Waals surface area (Å²) in [5.74, 6) is -1.33. The monoisotopic (exact) mass is 262 g/mol. The van der Waals surface area contributed by atoms with Gasteiger partial charge in [-0.05, 0) is 18.6 Å². The van der Waals surface area contributed by atoms with Crippen LogP contribution in [0.4, 0.5) is 13.2 Å². The van der Waals surface area contributed by atoms with Gasteiger partial charge < -0.3 is 14.6 Å². The van der Waals surface area contributed by atoms with E-state index in [1.807, 2.05) is 6.92 Å². The molecule has 3 nitrogen and oxygen atoms in total. The first-order valence-electron chi connectivity index (χ1n) is 5.64. The summed E-state index contributed by atoms with van der Waals surface area (Å²) in [7, 11) is 0. The molecule has 0 bridgehead atoms. The molecular formula is C12H13F3O3. The lowest BCUT2D eigenvalue weighted by Crippen LogP contribution is -2.36. The van der Waals surface area contributed by atoms with Gasteiger partial charge in [0.1, 0.15) is 5.75 Å². The van der Waals surface area contributed by atoms with E-state index in [2.05, 4.69) is 0 Å². The second-order valence-corrected chi connectivity index (χ2v) is 3.99. The van der Waals surface area contributed by atoms with E-state index in [9.17, 15) is 13.2 Å². The van der Waals surface area contributed by atoms with Crippen molar-refractivity contribution in [2.45, 2.75) is 32.0 Å². The summed E-state index contributed by atoms with van der Waals surface area (Å²) in [4.78, 5) is 0. The quantitative estimate of drug-likeness (QED) is 0.910. The van der Waals surface area contributed by atoms with E-state index < -0.39 is 30.0 Å². The molecule has 3 unspecified atom stereocenters. The molecule has 1 aliphatic rings. The molecule has 0 fully saturated rings. The van der Waals surface area contributed by atoms with E-state index >= 15 is 0 Å². The molecule has 1 aromatic carbocycles. The molecule has 100 valence electrons. The average Bonchev–Trinajstić information content (AvgIpc) is 2.35. The summed E-state index contributed by atoms with van der Waals surface area (Å²) in [6.07, 6.45) is -5.84. The van der Waals surface area contributed by atoms with Gasteiger partial charge in [0.25, 0.3) is 0 Å². The zero-order chi connectivity index (χ0) is 13.3. The van der Waals surface area contributed by atoms with Crippen molar-refractivity contribution in [3.63, 3.8) is 0 Å². The van der Waals surface area contributed by atoms with E-state index in [-0.39, 0.29) is 18.1 Å². The third-order valence-corrected chi connectivity index (χ3v) is 2.64. The van der Waals surface area contributed by atoms with Crippen LogP contribution in [-0.4, -0.2) is 24.2 Å². The van der Waals surface area contributed by atoms with Gasteiger partial charge in [0.05, 0.1) is 12.2 Å². The molecule has 0 saturated carbocycles. The maximum Gasteiger partial charge on any atom is 0.232 e. The fraction of sp³-hybridized carbons (Fsp3) is 0.500. The number of halogens is 3. The lowest BCUT2D eigenvalue weighted by molar-refractivity contribution is -0.112. The summed E-state index contributed by atoms with van der Waals surface area (Å²) >= 11 is 0. The first-order chi connectivity index (χ1) is 8.56. The van der Waals surface area contributed by atoms with Gasteiger partial charge in [-0.25, -0.2) is 13.2 Å². The second kappa shape index (κ2) is 5.06. The Bertz CT molecular complexity index is 439. The molecule has 1 N–H and O–H groups in total. The standard InChI is InChI=1S/C12H13F3O3/c1-2-5-17-7-4-3-6-8(9(7)13)10(14)11(15)12(16)18-6/h3-4,10-12,16H,2,5H2,1H3. The minimum Gasteiger partial charge on any atom is -0.491 e. The number of ether oxygens (including phenoxy) is 2. The number of hydrogen-bond acceptors (Lipinski definition) is 3. The molecule has 0 spiro atoms. The lowest BCUT2D eigenvalue weighted by Gasteiger charge is -2.28. The number of aliphatic hydroxyl groups excluding tert-OH is 1. The van der Waals surface area contributed by atoms with Crippen molar-refractivity contribution in [1.29, 1.82) is 0 Å². The number of fused-ring (bicyclic) bond motifs is 1. The Kier molecular flexibility index (Phi) is 3.65. The van der Waals surface area contributed by atoms with E-state index in [4.69, 9.17) is 14.6 Å². The molecule has 1 aromatic rings. The number of aliphatic hydroxyl groups is 1. The smallest absolute Gasteiger partial charge is 0.232 e. The van der Waals surface area contributed by atoms with Crippen LogP contribution < -0.4 is 9.47 Å². The van der Waals surface area contributed by atoms with Crippen LogP contribution in [0.15, 0.2) is 12.1 Å². The second-order valence-electron chi connectivity index (χ2n) is 3.99. The molecule has 1 aliphatic heterocycles. The van der Waals surface area contributed by atoms with Gasteiger partial charge in [-0.2, -0.15) is 0 Å². The molecule has 1 heterocycles. The van der Waals surface area contributed by atoms with Crippen LogP contribution in [0.1, 0.15) is 25.1 Å². The fourth-order valence-corrected chi connectivity index (χ4v) is 1.74. The normalized spacial score (nSPS) is 26.4. The van der Waals surface area contributed by atoms with Crippen molar-refractivity contribution < 1.29 is 27.8 Å². The van der Waals surface area contributed by atoms with E-state index in [0.29, 0.717) is 6.42 Å². The van der Waals surface area contributed by atoms with Crippen LogP contribution in [0.2, 0.25) is 0 Å². The maximum atomic E-state index is 13.9. The van der Waals surface area contributed by atoms with Crippen LogP contribution in [-0.2, 0) is 0 Å². The van der Waals surface area contributed by atoms with Gasteiger partial charge in [0.2, 0.25) is 6.29 Å². The predicted molar refractivity (Wildman–Crippen MR) is 57.6 cm³/mol. The van der Waals surface area contributed by atoms with Crippen molar-refractivity contribution in [1.82, 2.24) is 0 Å². The molecule has 0 aromatic heterocycles. The van der Waals surface area contributed by atoms with Crippen molar-refractivity contribution >= 4 is 0 Å². The van der Waals surface area contributed by atoms with E-state index in [1.165, 1.54) is 12.1 Å². The molecule has 0 saturated heterocycles. The molecule has 0 radical (unpaired) electrons. The molecule has 3 atom stereocenters. The van der Waals surface area contributed by atoms with Crippen molar-refractivity contribution in [2.24, 2.45) is 0 Å². The Hall–Kier alpha value is -1.43. The van der Waals surface area contributed by atoms with Gasteiger partial charge in [-0.1, -0.05) is 6.92 Å². The molecule has 18 heavy (non-hydrogen) atoms. The molecule has 2 rings (SSSR count). The zero-order valence-electron chi connectivity index (χ0n) is 9.70. The molecule has 0 amide bonds. The lowest BCUT2D eigenvalue weighted by atomic mass is 10.0. The van der Waals surface area contributed by atoms with Gasteiger partial charge in [-0.15, -0.1) is 0 Å². The first kappa shape index (κ1) is 13.0. The summed E-state index contributed by atoms with van der Waals surface area (Å²) in [6, 6.07) is 2.52. The predicted octanol–water partition coefficient (Wildman–Crippen LogP) is 2.67. The Balaban J connectivity index is 2.38. The average molecular weight is 262 g/mol. The topological polar surface area (TPSA) is 38.7 Å². The van der Waals surface area contributed by atoms with Gasteiger partial charge >= 0.3 is 0 Å². The maximum absolute atomic E-state index is 13.9. The highest BCUT2D eigenvalue weighted by Crippen LogP contribution is 2.42. The first-order valence-corrected chi connectivity index (χ1v) is 5.64. The van der Waals surface area contributed by atoms with Crippen LogP contribution in [0, 0.1) is 5.82 Å². The highest BCUT2D eigenvalue weighted by atomic mass is 19.2. The minimum atomic E-state index is -2.31. The van der Waals surface area contributed by atoms with Crippen LogP contribution >= 0.6 is 0 Å².